The zero-order valence-electron chi connectivity index (χ0n) is 12.2. The van der Waals surface area contributed by atoms with Crippen LogP contribution in [0.3, 0.4) is 0 Å². The van der Waals surface area contributed by atoms with E-state index in [1.54, 1.807) is 0 Å². The van der Waals surface area contributed by atoms with Crippen LogP contribution in [0.25, 0.3) is 0 Å². The monoisotopic (exact) mass is 249 g/mol. The van der Waals surface area contributed by atoms with Crippen molar-refractivity contribution in [3.05, 3.63) is 18.0 Å². The number of hydrogen-bond acceptors (Lipinski definition) is 2. The summed E-state index contributed by atoms with van der Waals surface area (Å²) in [5.41, 5.74) is 1.70. The minimum absolute atomic E-state index is 0.438. The molecular formula is C15H27N3. The van der Waals surface area contributed by atoms with Crippen molar-refractivity contribution in [1.82, 2.24) is 15.1 Å². The Balaban J connectivity index is 2.06. The molecule has 0 spiro atoms. The maximum atomic E-state index is 4.79. The van der Waals surface area contributed by atoms with Crippen molar-refractivity contribution in [2.45, 2.75) is 53.0 Å². The zero-order valence-corrected chi connectivity index (χ0v) is 12.2. The molecule has 2 rings (SSSR count). The number of nitrogens with one attached hydrogen (secondary N) is 1. The molecule has 1 aliphatic rings. The van der Waals surface area contributed by atoms with Crippen molar-refractivity contribution in [2.24, 2.45) is 11.3 Å². The molecule has 0 aliphatic carbocycles. The molecule has 0 radical (unpaired) electrons. The molecule has 0 unspecified atom stereocenters. The first-order valence-electron chi connectivity index (χ1n) is 7.36. The van der Waals surface area contributed by atoms with Gasteiger partial charge in [0.05, 0.1) is 11.7 Å². The lowest BCUT2D eigenvalue weighted by atomic mass is 9.69. The van der Waals surface area contributed by atoms with Crippen molar-refractivity contribution < 1.29 is 0 Å². The van der Waals surface area contributed by atoms with Gasteiger partial charge in [-0.25, -0.2) is 0 Å². The van der Waals surface area contributed by atoms with Crippen LogP contribution in [0.5, 0.6) is 0 Å². The van der Waals surface area contributed by atoms with Crippen LogP contribution < -0.4 is 5.32 Å². The van der Waals surface area contributed by atoms with Crippen LogP contribution in [0.15, 0.2) is 12.3 Å². The lowest BCUT2D eigenvalue weighted by Crippen LogP contribution is -2.57. The summed E-state index contributed by atoms with van der Waals surface area (Å²) in [4.78, 5) is 0. The van der Waals surface area contributed by atoms with E-state index >= 15 is 0 Å². The van der Waals surface area contributed by atoms with Gasteiger partial charge in [-0.05, 0) is 31.2 Å². The molecule has 18 heavy (non-hydrogen) atoms. The Labute approximate surface area is 111 Å². The first-order valence-corrected chi connectivity index (χ1v) is 7.36. The highest BCUT2D eigenvalue weighted by Gasteiger charge is 2.40. The number of rotatable bonds is 6. The minimum atomic E-state index is 0.438. The molecule has 0 atom stereocenters. The van der Waals surface area contributed by atoms with E-state index in [9.17, 15) is 0 Å². The van der Waals surface area contributed by atoms with Gasteiger partial charge in [-0.15, -0.1) is 0 Å². The van der Waals surface area contributed by atoms with Crippen LogP contribution in [0.2, 0.25) is 0 Å². The average Bonchev–Trinajstić information content (AvgIpc) is 2.73. The molecule has 1 saturated heterocycles. The third-order valence-corrected chi connectivity index (χ3v) is 4.69. The average molecular weight is 249 g/mol. The van der Waals surface area contributed by atoms with Gasteiger partial charge in [-0.1, -0.05) is 27.7 Å². The highest BCUT2D eigenvalue weighted by atomic mass is 15.3. The van der Waals surface area contributed by atoms with Crippen LogP contribution in [-0.4, -0.2) is 22.9 Å². The quantitative estimate of drug-likeness (QED) is 0.840. The lowest BCUT2D eigenvalue weighted by molar-refractivity contribution is 0.0978. The van der Waals surface area contributed by atoms with E-state index in [2.05, 4.69) is 50.0 Å². The van der Waals surface area contributed by atoms with E-state index in [1.807, 2.05) is 0 Å². The third kappa shape index (κ3) is 2.46. The summed E-state index contributed by atoms with van der Waals surface area (Å²) in [6.07, 6.45) is 5.60. The van der Waals surface area contributed by atoms with Crippen molar-refractivity contribution >= 4 is 0 Å². The summed E-state index contributed by atoms with van der Waals surface area (Å²) < 4.78 is 2.16. The third-order valence-electron chi connectivity index (χ3n) is 4.69. The van der Waals surface area contributed by atoms with Gasteiger partial charge in [0.15, 0.2) is 0 Å². The van der Waals surface area contributed by atoms with E-state index in [-0.39, 0.29) is 0 Å². The molecular weight excluding hydrogens is 222 g/mol. The molecule has 1 N–H and O–H groups in total. The highest BCUT2D eigenvalue weighted by molar-refractivity contribution is 5.08. The summed E-state index contributed by atoms with van der Waals surface area (Å²) in [6, 6.07) is 2.77. The molecule has 102 valence electrons. The Kier molecular flexibility index (Phi) is 4.10. The van der Waals surface area contributed by atoms with E-state index in [1.165, 1.54) is 5.69 Å². The molecule has 0 saturated carbocycles. The number of hydrogen-bond donors (Lipinski definition) is 1. The summed E-state index contributed by atoms with van der Waals surface area (Å²) >= 11 is 0. The number of nitrogens with zero attached hydrogens (tertiary/aromatic N) is 2. The highest BCUT2D eigenvalue weighted by Crippen LogP contribution is 2.35. The molecule has 0 amide bonds. The summed E-state index contributed by atoms with van der Waals surface area (Å²) in [5.74, 6) is 0.719. The van der Waals surface area contributed by atoms with Gasteiger partial charge in [0, 0.05) is 24.7 Å². The maximum Gasteiger partial charge on any atom is 0.0631 e. The van der Waals surface area contributed by atoms with Crippen molar-refractivity contribution in [2.75, 3.05) is 13.1 Å². The smallest absolute Gasteiger partial charge is 0.0631 e. The van der Waals surface area contributed by atoms with Gasteiger partial charge in [-0.2, -0.15) is 5.10 Å². The van der Waals surface area contributed by atoms with Gasteiger partial charge >= 0.3 is 0 Å². The normalized spacial score (nSPS) is 18.3. The molecule has 3 nitrogen and oxygen atoms in total. The van der Waals surface area contributed by atoms with Gasteiger partial charge in [0.25, 0.3) is 0 Å². The van der Waals surface area contributed by atoms with Gasteiger partial charge in [0.2, 0.25) is 0 Å². The Hall–Kier alpha value is -0.830. The fourth-order valence-electron chi connectivity index (χ4n) is 2.88. The van der Waals surface area contributed by atoms with Gasteiger partial charge < -0.3 is 5.32 Å². The van der Waals surface area contributed by atoms with Crippen LogP contribution in [0, 0.1) is 11.3 Å². The molecule has 1 aromatic rings. The fraction of sp³-hybridized carbons (Fsp3) is 0.800. The summed E-state index contributed by atoms with van der Waals surface area (Å²) in [7, 11) is 0. The predicted octanol–water partition coefficient (Wildman–Crippen LogP) is 3.03. The van der Waals surface area contributed by atoms with Crippen LogP contribution >= 0.6 is 0 Å². The topological polar surface area (TPSA) is 29.9 Å². The molecule has 3 heteroatoms. The van der Waals surface area contributed by atoms with Gasteiger partial charge in [-0.3, -0.25) is 4.68 Å². The standard InChI is InChI=1S/C15H27N3/c1-5-14(6-2)18-8-7-13(17-18)9-15(12(3)4)10-16-11-15/h7-8,12,14,16H,5-6,9-11H2,1-4H3. The molecule has 1 fully saturated rings. The van der Waals surface area contributed by atoms with Crippen molar-refractivity contribution in [3.63, 3.8) is 0 Å². The largest absolute Gasteiger partial charge is 0.315 e. The summed E-state index contributed by atoms with van der Waals surface area (Å²) in [6.45, 7) is 11.4. The molecule has 0 aromatic carbocycles. The first-order chi connectivity index (χ1) is 8.61. The lowest BCUT2D eigenvalue weighted by Gasteiger charge is -2.46. The van der Waals surface area contributed by atoms with Crippen LogP contribution in [-0.2, 0) is 6.42 Å². The second kappa shape index (κ2) is 5.43. The maximum absolute atomic E-state index is 4.79. The van der Waals surface area contributed by atoms with Gasteiger partial charge in [0.1, 0.15) is 0 Å². The molecule has 0 bridgehead atoms. The molecule has 1 aromatic heterocycles. The van der Waals surface area contributed by atoms with E-state index in [0.29, 0.717) is 11.5 Å². The summed E-state index contributed by atoms with van der Waals surface area (Å²) in [5, 5.41) is 8.21. The fourth-order valence-corrected chi connectivity index (χ4v) is 2.88. The predicted molar refractivity (Wildman–Crippen MR) is 75.7 cm³/mol. The van der Waals surface area contributed by atoms with E-state index in [0.717, 1.165) is 38.3 Å². The second-order valence-corrected chi connectivity index (χ2v) is 6.05. The molecule has 2 heterocycles. The Morgan fingerprint density at radius 2 is 2.00 bits per heavy atom. The van der Waals surface area contributed by atoms with Crippen molar-refractivity contribution in [1.29, 1.82) is 0 Å². The SMILES string of the molecule is CCC(CC)n1ccc(CC2(C(C)C)CNC2)n1. The zero-order chi connectivity index (χ0) is 13.2. The minimum Gasteiger partial charge on any atom is -0.315 e. The Bertz CT molecular complexity index is 373. The first kappa shape index (κ1) is 13.6. The Morgan fingerprint density at radius 1 is 1.33 bits per heavy atom. The number of aromatic nitrogens is 2. The van der Waals surface area contributed by atoms with E-state index in [4.69, 9.17) is 5.10 Å². The Morgan fingerprint density at radius 3 is 2.44 bits per heavy atom. The van der Waals surface area contributed by atoms with Crippen LogP contribution in [0.1, 0.15) is 52.3 Å². The second-order valence-electron chi connectivity index (χ2n) is 6.05. The van der Waals surface area contributed by atoms with Crippen LogP contribution in [0.4, 0.5) is 0 Å². The molecule has 1 aliphatic heterocycles. The van der Waals surface area contributed by atoms with Crippen molar-refractivity contribution in [3.8, 4) is 0 Å². The van der Waals surface area contributed by atoms with E-state index < -0.39 is 0 Å².